The lowest BCUT2D eigenvalue weighted by Gasteiger charge is -2.08. The number of benzene rings is 1. The van der Waals surface area contributed by atoms with E-state index in [1.165, 1.54) is 11.1 Å². The summed E-state index contributed by atoms with van der Waals surface area (Å²) in [5, 5.41) is 9.92. The van der Waals surface area contributed by atoms with Gasteiger partial charge in [-0.3, -0.25) is 4.98 Å². The monoisotopic (exact) mass is 196 g/mol. The van der Waals surface area contributed by atoms with Crippen LogP contribution < -0.4 is 0 Å². The molecule has 2 rings (SSSR count). The maximum atomic E-state index is 8.84. The molecule has 0 aliphatic carbocycles. The predicted octanol–water partition coefficient (Wildman–Crippen LogP) is 3.03. The standard InChI is InChI=1S/C13H12N2/c1-8-9(2)12-6-11(7-14)4-5-13(12)15-10(8)3/h4-6H,1-3H3. The molecule has 2 heteroatoms. The lowest BCUT2D eigenvalue weighted by molar-refractivity contribution is 1.17. The maximum Gasteiger partial charge on any atom is 0.0991 e. The average molecular weight is 196 g/mol. The average Bonchev–Trinajstić information content (AvgIpc) is 2.26. The van der Waals surface area contributed by atoms with Crippen molar-refractivity contribution in [2.45, 2.75) is 20.8 Å². The van der Waals surface area contributed by atoms with E-state index in [9.17, 15) is 0 Å². The minimum Gasteiger partial charge on any atom is -0.253 e. The maximum absolute atomic E-state index is 8.84. The summed E-state index contributed by atoms with van der Waals surface area (Å²) in [6.45, 7) is 6.16. The van der Waals surface area contributed by atoms with Crippen molar-refractivity contribution in [3.05, 3.63) is 40.6 Å². The van der Waals surface area contributed by atoms with Gasteiger partial charge < -0.3 is 0 Å². The molecule has 0 radical (unpaired) electrons. The first kappa shape index (κ1) is 9.67. The van der Waals surface area contributed by atoms with Crippen LogP contribution >= 0.6 is 0 Å². The summed E-state index contributed by atoms with van der Waals surface area (Å²) in [7, 11) is 0. The van der Waals surface area contributed by atoms with Crippen LogP contribution in [0.2, 0.25) is 0 Å². The van der Waals surface area contributed by atoms with E-state index < -0.39 is 0 Å². The first-order valence-corrected chi connectivity index (χ1v) is 4.91. The van der Waals surface area contributed by atoms with Gasteiger partial charge in [0.25, 0.3) is 0 Å². The smallest absolute Gasteiger partial charge is 0.0991 e. The number of nitriles is 1. The molecule has 0 N–H and O–H groups in total. The van der Waals surface area contributed by atoms with Gasteiger partial charge in [0.2, 0.25) is 0 Å². The van der Waals surface area contributed by atoms with E-state index in [2.05, 4.69) is 24.9 Å². The van der Waals surface area contributed by atoms with Gasteiger partial charge in [0, 0.05) is 11.1 Å². The van der Waals surface area contributed by atoms with E-state index in [0.29, 0.717) is 5.56 Å². The second-order valence-corrected chi connectivity index (χ2v) is 3.79. The zero-order valence-corrected chi connectivity index (χ0v) is 9.13. The topological polar surface area (TPSA) is 36.7 Å². The lowest BCUT2D eigenvalue weighted by atomic mass is 10.0. The largest absolute Gasteiger partial charge is 0.253 e. The lowest BCUT2D eigenvalue weighted by Crippen LogP contribution is -1.93. The van der Waals surface area contributed by atoms with Gasteiger partial charge >= 0.3 is 0 Å². The third kappa shape index (κ3) is 1.46. The third-order valence-electron chi connectivity index (χ3n) is 2.92. The second-order valence-electron chi connectivity index (χ2n) is 3.79. The Labute approximate surface area is 89.2 Å². The van der Waals surface area contributed by atoms with Gasteiger partial charge in [0.15, 0.2) is 0 Å². The van der Waals surface area contributed by atoms with Crippen LogP contribution in [0.4, 0.5) is 0 Å². The highest BCUT2D eigenvalue weighted by Gasteiger charge is 2.05. The molecular weight excluding hydrogens is 184 g/mol. The van der Waals surface area contributed by atoms with Crippen LogP contribution in [0.5, 0.6) is 0 Å². The van der Waals surface area contributed by atoms with Crippen LogP contribution in [-0.4, -0.2) is 4.98 Å². The molecule has 0 unspecified atom stereocenters. The fourth-order valence-corrected chi connectivity index (χ4v) is 1.74. The van der Waals surface area contributed by atoms with E-state index in [1.54, 1.807) is 0 Å². The summed E-state index contributed by atoms with van der Waals surface area (Å²) < 4.78 is 0. The molecule has 1 aromatic carbocycles. The summed E-state index contributed by atoms with van der Waals surface area (Å²) in [6.07, 6.45) is 0. The Morgan fingerprint density at radius 1 is 1.13 bits per heavy atom. The Morgan fingerprint density at radius 3 is 2.53 bits per heavy atom. The third-order valence-corrected chi connectivity index (χ3v) is 2.92. The van der Waals surface area contributed by atoms with Gasteiger partial charge in [0.1, 0.15) is 0 Å². The molecule has 74 valence electrons. The first-order chi connectivity index (χ1) is 7.13. The van der Waals surface area contributed by atoms with Crippen LogP contribution in [0, 0.1) is 32.1 Å². The van der Waals surface area contributed by atoms with Crippen molar-refractivity contribution in [2.75, 3.05) is 0 Å². The molecule has 0 saturated carbocycles. The fraction of sp³-hybridized carbons (Fsp3) is 0.231. The van der Waals surface area contributed by atoms with E-state index in [0.717, 1.165) is 16.6 Å². The molecule has 0 aliphatic rings. The summed E-state index contributed by atoms with van der Waals surface area (Å²) in [4.78, 5) is 4.50. The van der Waals surface area contributed by atoms with Gasteiger partial charge in [-0.15, -0.1) is 0 Å². The molecule has 15 heavy (non-hydrogen) atoms. The molecular formula is C13H12N2. The number of aryl methyl sites for hydroxylation is 2. The number of rotatable bonds is 0. The highest BCUT2D eigenvalue weighted by molar-refractivity contribution is 5.84. The van der Waals surface area contributed by atoms with Crippen molar-refractivity contribution < 1.29 is 0 Å². The minimum absolute atomic E-state index is 0.690. The highest BCUT2D eigenvalue weighted by atomic mass is 14.7. The molecule has 0 spiro atoms. The Bertz CT molecular complexity index is 577. The van der Waals surface area contributed by atoms with Crippen molar-refractivity contribution in [1.82, 2.24) is 4.98 Å². The van der Waals surface area contributed by atoms with Crippen molar-refractivity contribution in [3.8, 4) is 6.07 Å². The van der Waals surface area contributed by atoms with Crippen molar-refractivity contribution in [2.24, 2.45) is 0 Å². The Kier molecular flexibility index (Phi) is 2.17. The molecule has 0 bridgehead atoms. The molecule has 1 heterocycles. The van der Waals surface area contributed by atoms with E-state index >= 15 is 0 Å². The van der Waals surface area contributed by atoms with E-state index in [-0.39, 0.29) is 0 Å². The molecule has 2 nitrogen and oxygen atoms in total. The van der Waals surface area contributed by atoms with Crippen LogP contribution in [0.3, 0.4) is 0 Å². The van der Waals surface area contributed by atoms with Crippen LogP contribution in [-0.2, 0) is 0 Å². The molecule has 0 amide bonds. The van der Waals surface area contributed by atoms with Crippen molar-refractivity contribution in [1.29, 1.82) is 5.26 Å². The summed E-state index contributed by atoms with van der Waals surface area (Å²) in [5.74, 6) is 0. The van der Waals surface area contributed by atoms with Crippen LogP contribution in [0.15, 0.2) is 18.2 Å². The molecule has 0 fully saturated rings. The number of hydrogen-bond donors (Lipinski definition) is 0. The number of fused-ring (bicyclic) bond motifs is 1. The van der Waals surface area contributed by atoms with Gasteiger partial charge in [0.05, 0.1) is 17.1 Å². The summed E-state index contributed by atoms with van der Waals surface area (Å²) in [6, 6.07) is 7.78. The van der Waals surface area contributed by atoms with Gasteiger partial charge in [-0.25, -0.2) is 0 Å². The Hall–Kier alpha value is -1.88. The molecule has 0 atom stereocenters. The summed E-state index contributed by atoms with van der Waals surface area (Å²) >= 11 is 0. The normalized spacial score (nSPS) is 10.3. The van der Waals surface area contributed by atoms with E-state index in [4.69, 9.17) is 5.26 Å². The second kappa shape index (κ2) is 3.36. The fourth-order valence-electron chi connectivity index (χ4n) is 1.74. The van der Waals surface area contributed by atoms with Crippen molar-refractivity contribution in [3.63, 3.8) is 0 Å². The SMILES string of the molecule is Cc1nc2ccc(C#N)cc2c(C)c1C. The Morgan fingerprint density at radius 2 is 1.87 bits per heavy atom. The number of nitrogens with zero attached hydrogens (tertiary/aromatic N) is 2. The number of hydrogen-bond acceptors (Lipinski definition) is 2. The number of pyridine rings is 1. The quantitative estimate of drug-likeness (QED) is 0.649. The van der Waals surface area contributed by atoms with Crippen molar-refractivity contribution >= 4 is 10.9 Å². The van der Waals surface area contributed by atoms with E-state index in [1.807, 2.05) is 25.1 Å². The van der Waals surface area contributed by atoms with Crippen LogP contribution in [0.25, 0.3) is 10.9 Å². The zero-order valence-electron chi connectivity index (χ0n) is 9.13. The molecule has 0 aliphatic heterocycles. The molecule has 0 saturated heterocycles. The summed E-state index contributed by atoms with van der Waals surface area (Å²) in [5.41, 5.74) is 5.14. The van der Waals surface area contributed by atoms with Gasteiger partial charge in [-0.2, -0.15) is 5.26 Å². The Balaban J connectivity index is 2.89. The zero-order chi connectivity index (χ0) is 11.0. The van der Waals surface area contributed by atoms with Crippen LogP contribution in [0.1, 0.15) is 22.4 Å². The van der Waals surface area contributed by atoms with Gasteiger partial charge in [-0.1, -0.05) is 0 Å². The molecule has 1 aromatic heterocycles. The first-order valence-electron chi connectivity index (χ1n) is 4.91. The predicted molar refractivity (Wildman–Crippen MR) is 60.7 cm³/mol. The molecule has 2 aromatic rings. The number of aromatic nitrogens is 1. The highest BCUT2D eigenvalue weighted by Crippen LogP contribution is 2.22. The van der Waals surface area contributed by atoms with Gasteiger partial charge in [-0.05, 0) is 50.1 Å². The minimum atomic E-state index is 0.690.